The molecule has 18 heavy (non-hydrogen) atoms. The van der Waals surface area contributed by atoms with E-state index in [1.165, 1.54) is 12.3 Å². The lowest BCUT2D eigenvalue weighted by atomic mass is 10.1. The zero-order chi connectivity index (χ0) is 13.1. The Balaban J connectivity index is 2.19. The number of rotatable bonds is 3. The SMILES string of the molecule is Cc1ccc(C(C)Nc2nccnc2N)cc1F. The number of halogens is 1. The molecule has 0 aliphatic rings. The Morgan fingerprint density at radius 2 is 2.00 bits per heavy atom. The molecule has 5 heteroatoms. The summed E-state index contributed by atoms with van der Waals surface area (Å²) in [6.45, 7) is 3.65. The Kier molecular flexibility index (Phi) is 3.41. The number of benzene rings is 1. The maximum atomic E-state index is 13.5. The predicted octanol–water partition coefficient (Wildman–Crippen LogP) is 2.68. The van der Waals surface area contributed by atoms with Crippen LogP contribution in [0.15, 0.2) is 30.6 Å². The van der Waals surface area contributed by atoms with Crippen molar-refractivity contribution in [3.63, 3.8) is 0 Å². The Labute approximate surface area is 105 Å². The van der Waals surface area contributed by atoms with E-state index < -0.39 is 0 Å². The normalized spacial score (nSPS) is 12.2. The molecule has 0 saturated heterocycles. The van der Waals surface area contributed by atoms with E-state index in [1.807, 2.05) is 13.0 Å². The largest absolute Gasteiger partial charge is 0.381 e. The molecule has 0 fully saturated rings. The molecule has 1 aromatic carbocycles. The second-order valence-electron chi connectivity index (χ2n) is 4.16. The van der Waals surface area contributed by atoms with Crippen LogP contribution in [-0.4, -0.2) is 9.97 Å². The molecule has 2 aromatic rings. The minimum atomic E-state index is -0.215. The fourth-order valence-corrected chi connectivity index (χ4v) is 1.63. The number of aromatic nitrogens is 2. The van der Waals surface area contributed by atoms with Crippen LogP contribution in [0, 0.1) is 12.7 Å². The Bertz CT molecular complexity index is 556. The fraction of sp³-hybridized carbons (Fsp3) is 0.231. The van der Waals surface area contributed by atoms with E-state index in [9.17, 15) is 4.39 Å². The quantitative estimate of drug-likeness (QED) is 0.874. The van der Waals surface area contributed by atoms with Crippen molar-refractivity contribution < 1.29 is 4.39 Å². The molecule has 0 aliphatic heterocycles. The van der Waals surface area contributed by atoms with Gasteiger partial charge in [0.2, 0.25) is 0 Å². The monoisotopic (exact) mass is 246 g/mol. The van der Waals surface area contributed by atoms with Crippen LogP contribution >= 0.6 is 0 Å². The van der Waals surface area contributed by atoms with Gasteiger partial charge in [0, 0.05) is 12.4 Å². The number of nitrogens with two attached hydrogens (primary N) is 1. The number of hydrogen-bond donors (Lipinski definition) is 2. The van der Waals surface area contributed by atoms with Crippen molar-refractivity contribution in [3.05, 3.63) is 47.5 Å². The minimum Gasteiger partial charge on any atom is -0.381 e. The Morgan fingerprint density at radius 3 is 2.67 bits per heavy atom. The number of hydrogen-bond acceptors (Lipinski definition) is 4. The molecule has 4 nitrogen and oxygen atoms in total. The lowest BCUT2D eigenvalue weighted by molar-refractivity contribution is 0.614. The first-order valence-electron chi connectivity index (χ1n) is 5.67. The standard InChI is InChI=1S/C13H15FN4/c1-8-3-4-10(7-11(8)14)9(2)18-13-12(15)16-5-6-17-13/h3-7,9H,1-2H3,(H2,15,16)(H,17,18). The molecule has 1 unspecified atom stereocenters. The average Bonchev–Trinajstić information content (AvgIpc) is 2.35. The third kappa shape index (κ3) is 2.56. The van der Waals surface area contributed by atoms with Crippen LogP contribution in [0.3, 0.4) is 0 Å². The maximum Gasteiger partial charge on any atom is 0.169 e. The molecular weight excluding hydrogens is 231 g/mol. The fourth-order valence-electron chi connectivity index (χ4n) is 1.63. The number of nitrogens with one attached hydrogen (secondary N) is 1. The summed E-state index contributed by atoms with van der Waals surface area (Å²) < 4.78 is 13.5. The minimum absolute atomic E-state index is 0.0981. The first-order valence-corrected chi connectivity index (χ1v) is 5.67. The van der Waals surface area contributed by atoms with Crippen molar-refractivity contribution in [1.29, 1.82) is 0 Å². The Morgan fingerprint density at radius 1 is 1.28 bits per heavy atom. The summed E-state index contributed by atoms with van der Waals surface area (Å²) in [7, 11) is 0. The van der Waals surface area contributed by atoms with Crippen molar-refractivity contribution >= 4 is 11.6 Å². The Hall–Kier alpha value is -2.17. The van der Waals surface area contributed by atoms with E-state index in [0.717, 1.165) is 5.56 Å². The predicted molar refractivity (Wildman–Crippen MR) is 69.6 cm³/mol. The lowest BCUT2D eigenvalue weighted by Crippen LogP contribution is -2.10. The van der Waals surface area contributed by atoms with Crippen molar-refractivity contribution in [2.75, 3.05) is 11.1 Å². The van der Waals surface area contributed by atoms with Gasteiger partial charge in [-0.3, -0.25) is 0 Å². The van der Waals surface area contributed by atoms with E-state index in [4.69, 9.17) is 5.73 Å². The van der Waals surface area contributed by atoms with Crippen LogP contribution in [0.25, 0.3) is 0 Å². The van der Waals surface area contributed by atoms with Gasteiger partial charge in [-0.15, -0.1) is 0 Å². The van der Waals surface area contributed by atoms with Crippen LogP contribution in [0.4, 0.5) is 16.0 Å². The zero-order valence-corrected chi connectivity index (χ0v) is 10.3. The second kappa shape index (κ2) is 5.00. The van der Waals surface area contributed by atoms with E-state index in [0.29, 0.717) is 17.2 Å². The highest BCUT2D eigenvalue weighted by Crippen LogP contribution is 2.21. The summed E-state index contributed by atoms with van der Waals surface area (Å²) >= 11 is 0. The maximum absolute atomic E-state index is 13.5. The topological polar surface area (TPSA) is 63.8 Å². The molecule has 0 radical (unpaired) electrons. The molecule has 0 saturated carbocycles. The molecule has 0 bridgehead atoms. The van der Waals surface area contributed by atoms with Crippen molar-refractivity contribution in [1.82, 2.24) is 9.97 Å². The molecule has 0 spiro atoms. The van der Waals surface area contributed by atoms with Gasteiger partial charge in [0.25, 0.3) is 0 Å². The summed E-state index contributed by atoms with van der Waals surface area (Å²) in [4.78, 5) is 8.03. The van der Waals surface area contributed by atoms with E-state index in [-0.39, 0.29) is 11.9 Å². The summed E-state index contributed by atoms with van der Waals surface area (Å²) in [5.74, 6) is 0.621. The second-order valence-corrected chi connectivity index (χ2v) is 4.16. The van der Waals surface area contributed by atoms with Crippen LogP contribution in [0.5, 0.6) is 0 Å². The molecular formula is C13H15FN4. The molecule has 1 heterocycles. The van der Waals surface area contributed by atoms with Crippen LogP contribution in [0.1, 0.15) is 24.1 Å². The highest BCUT2D eigenvalue weighted by Gasteiger charge is 2.10. The number of anilines is 2. The van der Waals surface area contributed by atoms with E-state index >= 15 is 0 Å². The molecule has 0 amide bonds. The molecule has 1 atom stereocenters. The molecule has 94 valence electrons. The summed E-state index contributed by atoms with van der Waals surface area (Å²) in [6, 6.07) is 5.05. The van der Waals surface area contributed by atoms with Gasteiger partial charge in [0.15, 0.2) is 11.6 Å². The number of nitrogen functional groups attached to an aromatic ring is 1. The molecule has 3 N–H and O–H groups in total. The third-order valence-corrected chi connectivity index (χ3v) is 2.78. The van der Waals surface area contributed by atoms with Crippen molar-refractivity contribution in [3.8, 4) is 0 Å². The summed E-state index contributed by atoms with van der Waals surface area (Å²) in [5.41, 5.74) is 7.16. The van der Waals surface area contributed by atoms with Crippen LogP contribution < -0.4 is 11.1 Å². The number of nitrogens with zero attached hydrogens (tertiary/aromatic N) is 2. The molecule has 1 aromatic heterocycles. The van der Waals surface area contributed by atoms with Gasteiger partial charge in [-0.25, -0.2) is 14.4 Å². The number of aryl methyl sites for hydroxylation is 1. The average molecular weight is 246 g/mol. The molecule has 0 aliphatic carbocycles. The van der Waals surface area contributed by atoms with Gasteiger partial charge in [0.05, 0.1) is 6.04 Å². The van der Waals surface area contributed by atoms with E-state index in [2.05, 4.69) is 15.3 Å². The summed E-state index contributed by atoms with van der Waals surface area (Å²) in [6.07, 6.45) is 3.08. The lowest BCUT2D eigenvalue weighted by Gasteiger charge is -2.16. The van der Waals surface area contributed by atoms with Gasteiger partial charge in [-0.05, 0) is 31.0 Å². The highest BCUT2D eigenvalue weighted by atomic mass is 19.1. The van der Waals surface area contributed by atoms with E-state index in [1.54, 1.807) is 19.2 Å². The van der Waals surface area contributed by atoms with Crippen LogP contribution in [-0.2, 0) is 0 Å². The summed E-state index contributed by atoms with van der Waals surface area (Å²) in [5, 5.41) is 3.11. The van der Waals surface area contributed by atoms with Crippen molar-refractivity contribution in [2.24, 2.45) is 0 Å². The van der Waals surface area contributed by atoms with Crippen molar-refractivity contribution in [2.45, 2.75) is 19.9 Å². The van der Waals surface area contributed by atoms with Gasteiger partial charge in [0.1, 0.15) is 5.82 Å². The van der Waals surface area contributed by atoms with Gasteiger partial charge < -0.3 is 11.1 Å². The van der Waals surface area contributed by atoms with Gasteiger partial charge in [-0.1, -0.05) is 12.1 Å². The van der Waals surface area contributed by atoms with Gasteiger partial charge in [-0.2, -0.15) is 0 Å². The third-order valence-electron chi connectivity index (χ3n) is 2.78. The zero-order valence-electron chi connectivity index (χ0n) is 10.3. The molecule has 2 rings (SSSR count). The smallest absolute Gasteiger partial charge is 0.169 e. The van der Waals surface area contributed by atoms with Crippen LogP contribution in [0.2, 0.25) is 0 Å². The van der Waals surface area contributed by atoms with Gasteiger partial charge >= 0.3 is 0 Å². The first-order chi connectivity index (χ1) is 8.58. The first kappa shape index (κ1) is 12.3. The highest BCUT2D eigenvalue weighted by molar-refractivity contribution is 5.56.